The number of azide groups is 1. The van der Waals surface area contributed by atoms with E-state index in [1.54, 1.807) is 12.1 Å². The van der Waals surface area contributed by atoms with Gasteiger partial charge in [0.15, 0.2) is 0 Å². The molecule has 0 atom stereocenters. The highest BCUT2D eigenvalue weighted by molar-refractivity contribution is 6.38. The van der Waals surface area contributed by atoms with Crippen LogP contribution in [0.1, 0.15) is 46.7 Å². The van der Waals surface area contributed by atoms with Crippen molar-refractivity contribution in [1.29, 1.82) is 0 Å². The van der Waals surface area contributed by atoms with E-state index in [1.807, 2.05) is 13.8 Å². The summed E-state index contributed by atoms with van der Waals surface area (Å²) in [4.78, 5) is 33.6. The van der Waals surface area contributed by atoms with Gasteiger partial charge in [-0.25, -0.2) is 0 Å². The molecule has 0 spiro atoms. The molecule has 0 bridgehead atoms. The molecule has 2 aromatic rings. The number of aromatic nitrogens is 1. The Hall–Kier alpha value is -3.26. The van der Waals surface area contributed by atoms with Crippen molar-refractivity contribution in [2.24, 2.45) is 5.11 Å². The summed E-state index contributed by atoms with van der Waals surface area (Å²) in [5.41, 5.74) is 13.2. The Morgan fingerprint density at radius 1 is 1.31 bits per heavy atom. The molecule has 0 aliphatic carbocycles. The van der Waals surface area contributed by atoms with Gasteiger partial charge in [-0.15, -0.1) is 0 Å². The minimum Gasteiger partial charge on any atom is -0.358 e. The fourth-order valence-electron chi connectivity index (χ4n) is 3.83. The number of hydrogen-bond donors (Lipinski definition) is 3. The van der Waals surface area contributed by atoms with Crippen molar-refractivity contribution in [1.82, 2.24) is 15.2 Å². The minimum absolute atomic E-state index is 0.147. The first-order chi connectivity index (χ1) is 15.3. The van der Waals surface area contributed by atoms with Gasteiger partial charge in [0.25, 0.3) is 11.8 Å². The number of nitrogens with zero attached hydrogens (tertiary/aromatic N) is 4. The van der Waals surface area contributed by atoms with Gasteiger partial charge < -0.3 is 20.5 Å². The van der Waals surface area contributed by atoms with Crippen molar-refractivity contribution in [3.05, 3.63) is 55.7 Å². The normalized spacial score (nSPS) is 13.8. The van der Waals surface area contributed by atoms with E-state index in [4.69, 9.17) is 17.1 Å². The predicted molar refractivity (Wildman–Crippen MR) is 127 cm³/mol. The maximum atomic E-state index is 12.8. The summed E-state index contributed by atoms with van der Waals surface area (Å²) in [5, 5.41) is 9.52. The number of carbonyl (C=O) groups excluding carboxylic acids is 2. The van der Waals surface area contributed by atoms with Gasteiger partial charge in [-0.2, -0.15) is 0 Å². The molecule has 10 heteroatoms. The Kier molecular flexibility index (Phi) is 7.25. The highest BCUT2D eigenvalue weighted by Crippen LogP contribution is 2.40. The number of benzene rings is 1. The zero-order valence-electron chi connectivity index (χ0n) is 18.5. The van der Waals surface area contributed by atoms with Gasteiger partial charge >= 0.3 is 0 Å². The molecule has 0 saturated heterocycles. The first-order valence-electron chi connectivity index (χ1n) is 10.4. The van der Waals surface area contributed by atoms with E-state index in [9.17, 15) is 9.59 Å². The quantitative estimate of drug-likeness (QED) is 0.229. The van der Waals surface area contributed by atoms with Gasteiger partial charge in [0.05, 0.1) is 21.8 Å². The highest BCUT2D eigenvalue weighted by Gasteiger charge is 2.27. The van der Waals surface area contributed by atoms with Crippen LogP contribution in [0.15, 0.2) is 17.2 Å². The molecule has 1 aliphatic rings. The molecular weight excluding hydrogens is 430 g/mol. The number of carbonyl (C=O) groups is 2. The number of nitrogens with one attached hydrogen (secondary N) is 3. The van der Waals surface area contributed by atoms with Gasteiger partial charge in [0.2, 0.25) is 0 Å². The van der Waals surface area contributed by atoms with E-state index in [0.717, 1.165) is 30.9 Å². The lowest BCUT2D eigenvalue weighted by atomic mass is 10.0. The lowest BCUT2D eigenvalue weighted by molar-refractivity contribution is -0.110. The van der Waals surface area contributed by atoms with E-state index in [1.165, 1.54) is 6.07 Å². The van der Waals surface area contributed by atoms with Gasteiger partial charge in [-0.3, -0.25) is 9.59 Å². The Balaban J connectivity index is 1.88. The number of anilines is 1. The summed E-state index contributed by atoms with van der Waals surface area (Å²) in [6, 6.07) is 3.13. The van der Waals surface area contributed by atoms with Crippen LogP contribution in [0.5, 0.6) is 0 Å². The van der Waals surface area contributed by atoms with E-state index < -0.39 is 0 Å². The van der Waals surface area contributed by atoms with Gasteiger partial charge in [-0.1, -0.05) is 30.6 Å². The van der Waals surface area contributed by atoms with Crippen molar-refractivity contribution in [2.45, 2.75) is 27.7 Å². The maximum Gasteiger partial charge on any atom is 0.256 e. The lowest BCUT2D eigenvalue weighted by Gasteiger charge is -2.18. The van der Waals surface area contributed by atoms with Crippen molar-refractivity contribution in [3.63, 3.8) is 0 Å². The third-order valence-corrected chi connectivity index (χ3v) is 5.93. The number of H-pyrrole nitrogens is 1. The molecule has 2 heterocycles. The molecule has 32 heavy (non-hydrogen) atoms. The SMILES string of the molecule is CCN(CC)CCNC(=O)c1c(C)[nH]c(/C=C2\C(=O)Nc3cc(N=[N+]=[N-])c(Cl)cc32)c1C. The molecule has 3 N–H and O–H groups in total. The monoisotopic (exact) mass is 455 g/mol. The number of amides is 2. The van der Waals surface area contributed by atoms with Crippen molar-refractivity contribution < 1.29 is 9.59 Å². The number of likely N-dealkylation sites (N-methyl/N-ethyl adjacent to an activating group) is 1. The molecule has 3 rings (SSSR count). The molecule has 1 aliphatic heterocycles. The molecule has 9 nitrogen and oxygen atoms in total. The van der Waals surface area contributed by atoms with Crippen molar-refractivity contribution in [2.75, 3.05) is 31.5 Å². The summed E-state index contributed by atoms with van der Waals surface area (Å²) < 4.78 is 0. The number of hydrogen-bond acceptors (Lipinski definition) is 4. The van der Waals surface area contributed by atoms with Crippen LogP contribution in [-0.2, 0) is 4.79 Å². The summed E-state index contributed by atoms with van der Waals surface area (Å²) in [7, 11) is 0. The summed E-state index contributed by atoms with van der Waals surface area (Å²) in [6.07, 6.45) is 1.71. The lowest BCUT2D eigenvalue weighted by Crippen LogP contribution is -2.35. The molecular formula is C22H26ClN7O2. The Labute approximate surface area is 191 Å². The van der Waals surface area contributed by atoms with Crippen LogP contribution in [0.4, 0.5) is 11.4 Å². The third kappa shape index (κ3) is 4.65. The number of aromatic amines is 1. The molecule has 1 aromatic heterocycles. The van der Waals surface area contributed by atoms with Crippen molar-refractivity contribution >= 4 is 46.4 Å². The van der Waals surface area contributed by atoms with E-state index in [0.29, 0.717) is 34.6 Å². The van der Waals surface area contributed by atoms with Crippen molar-refractivity contribution in [3.8, 4) is 0 Å². The second kappa shape index (κ2) is 9.91. The number of aryl methyl sites for hydroxylation is 1. The first kappa shape index (κ1) is 23.4. The standard InChI is InChI=1S/C22H26ClN7O2/c1-5-30(6-2)8-7-25-22(32)20-12(3)17(26-13(20)4)10-15-14-9-16(23)19(28-29-24)11-18(14)27-21(15)31/h9-11,26H,5-8H2,1-4H3,(H,25,32)(H,27,31)/b15-10-. The van der Waals surface area contributed by atoms with Crippen LogP contribution in [0, 0.1) is 13.8 Å². The van der Waals surface area contributed by atoms with E-state index in [-0.39, 0.29) is 22.5 Å². The van der Waals surface area contributed by atoms with E-state index >= 15 is 0 Å². The summed E-state index contributed by atoms with van der Waals surface area (Å²) in [6.45, 7) is 11.1. The molecule has 0 radical (unpaired) electrons. The number of halogens is 1. The fraction of sp³-hybridized carbons (Fsp3) is 0.364. The van der Waals surface area contributed by atoms with Crippen LogP contribution >= 0.6 is 11.6 Å². The molecule has 2 amide bonds. The average Bonchev–Trinajstić information content (AvgIpc) is 3.21. The minimum atomic E-state index is -0.300. The van der Waals surface area contributed by atoms with Crippen LogP contribution in [0.25, 0.3) is 22.1 Å². The third-order valence-electron chi connectivity index (χ3n) is 5.62. The van der Waals surface area contributed by atoms with Gasteiger partial charge in [-0.05, 0) is 56.2 Å². The number of fused-ring (bicyclic) bond motifs is 1. The van der Waals surface area contributed by atoms with Crippen LogP contribution in [-0.4, -0.2) is 47.9 Å². The zero-order chi connectivity index (χ0) is 23.4. The molecule has 1 aromatic carbocycles. The average molecular weight is 456 g/mol. The van der Waals surface area contributed by atoms with E-state index in [2.05, 4.69) is 44.4 Å². The maximum absolute atomic E-state index is 12.8. The first-order valence-corrected chi connectivity index (χ1v) is 10.8. The molecule has 168 valence electrons. The second-order valence-corrected chi connectivity index (χ2v) is 7.90. The van der Waals surface area contributed by atoms with Gasteiger partial charge in [0, 0.05) is 40.6 Å². The summed E-state index contributed by atoms with van der Waals surface area (Å²) >= 11 is 6.20. The molecule has 0 saturated carbocycles. The smallest absolute Gasteiger partial charge is 0.256 e. The molecule has 0 fully saturated rings. The fourth-order valence-corrected chi connectivity index (χ4v) is 4.03. The van der Waals surface area contributed by atoms with Gasteiger partial charge in [0.1, 0.15) is 0 Å². The Morgan fingerprint density at radius 3 is 2.69 bits per heavy atom. The second-order valence-electron chi connectivity index (χ2n) is 7.50. The largest absolute Gasteiger partial charge is 0.358 e. The topological polar surface area (TPSA) is 126 Å². The summed E-state index contributed by atoms with van der Waals surface area (Å²) in [5.74, 6) is -0.447. The zero-order valence-corrected chi connectivity index (χ0v) is 19.3. The Morgan fingerprint density at radius 2 is 2.03 bits per heavy atom. The highest BCUT2D eigenvalue weighted by atomic mass is 35.5. The number of rotatable bonds is 8. The predicted octanol–water partition coefficient (Wildman–Crippen LogP) is 4.79. The van der Waals surface area contributed by atoms with Crippen LogP contribution in [0.2, 0.25) is 5.02 Å². The van der Waals surface area contributed by atoms with Crippen LogP contribution in [0.3, 0.4) is 0 Å². The van der Waals surface area contributed by atoms with Crippen LogP contribution < -0.4 is 10.6 Å². The molecule has 0 unspecified atom stereocenters. The Bertz CT molecular complexity index is 1140.